The lowest BCUT2D eigenvalue weighted by Gasteiger charge is -2.13. The van der Waals surface area contributed by atoms with Crippen molar-refractivity contribution in [1.29, 1.82) is 0 Å². The molecule has 1 saturated heterocycles. The van der Waals surface area contributed by atoms with Crippen molar-refractivity contribution in [2.45, 2.75) is 44.7 Å². The van der Waals surface area contributed by atoms with Crippen LogP contribution in [-0.4, -0.2) is 28.0 Å². The van der Waals surface area contributed by atoms with Gasteiger partial charge in [-0.2, -0.15) is 0 Å². The highest BCUT2D eigenvalue weighted by atomic mass is 32.2. The molecule has 158 valence electrons. The number of aromatic nitrogens is 2. The molecule has 3 N–H and O–H groups in total. The number of nitrogen functional groups attached to an aromatic ring is 1. The fraction of sp³-hybridized carbons (Fsp3) is 0.333. The molecule has 0 radical (unpaired) electrons. The van der Waals surface area contributed by atoms with Gasteiger partial charge in [-0.3, -0.25) is 4.90 Å². The first kappa shape index (κ1) is 22.1. The summed E-state index contributed by atoms with van der Waals surface area (Å²) in [5, 5.41) is 0.893. The lowest BCUT2D eigenvalue weighted by atomic mass is 10.2. The molecular formula is C24H31N5S. The van der Waals surface area contributed by atoms with Crippen molar-refractivity contribution in [3.63, 3.8) is 0 Å². The molecule has 30 heavy (non-hydrogen) atoms. The molecule has 3 aromatic rings. The molecule has 0 aliphatic carbocycles. The third-order valence-electron chi connectivity index (χ3n) is 4.98. The van der Waals surface area contributed by atoms with E-state index in [4.69, 9.17) is 5.73 Å². The predicted molar refractivity (Wildman–Crippen MR) is 127 cm³/mol. The highest BCUT2D eigenvalue weighted by Gasteiger charge is 2.10. The SMILES string of the molecule is CCc1cc(SNc2cccc(C)n2)ncc1N.c1ccc(CN2CCCC2)cc1. The Bertz CT molecular complexity index is 910. The van der Waals surface area contributed by atoms with Crippen molar-refractivity contribution >= 4 is 23.5 Å². The molecule has 0 bridgehead atoms. The minimum Gasteiger partial charge on any atom is -0.397 e. The van der Waals surface area contributed by atoms with E-state index in [0.717, 1.165) is 40.8 Å². The fourth-order valence-electron chi connectivity index (χ4n) is 3.33. The van der Waals surface area contributed by atoms with Gasteiger partial charge in [-0.1, -0.05) is 43.3 Å². The molecule has 6 heteroatoms. The van der Waals surface area contributed by atoms with Gasteiger partial charge in [-0.25, -0.2) is 9.97 Å². The zero-order chi connectivity index (χ0) is 21.2. The third-order valence-corrected chi connectivity index (χ3v) is 5.72. The van der Waals surface area contributed by atoms with Crippen LogP contribution < -0.4 is 10.5 Å². The molecule has 1 aliphatic rings. The lowest BCUT2D eigenvalue weighted by molar-refractivity contribution is 0.331. The maximum Gasteiger partial charge on any atom is 0.136 e. The maximum absolute atomic E-state index is 5.82. The van der Waals surface area contributed by atoms with E-state index < -0.39 is 0 Å². The van der Waals surface area contributed by atoms with Crippen LogP contribution in [0.3, 0.4) is 0 Å². The molecule has 0 unspecified atom stereocenters. The second kappa shape index (κ2) is 11.6. The topological polar surface area (TPSA) is 67.1 Å². The van der Waals surface area contributed by atoms with E-state index >= 15 is 0 Å². The van der Waals surface area contributed by atoms with E-state index in [1.54, 1.807) is 6.20 Å². The summed E-state index contributed by atoms with van der Waals surface area (Å²) in [4.78, 5) is 11.2. The van der Waals surface area contributed by atoms with Gasteiger partial charge in [0.15, 0.2) is 0 Å². The summed E-state index contributed by atoms with van der Waals surface area (Å²) in [6.07, 6.45) is 5.37. The van der Waals surface area contributed by atoms with Crippen molar-refractivity contribution in [3.05, 3.63) is 77.6 Å². The number of aryl methyl sites for hydroxylation is 2. The molecule has 0 atom stereocenters. The van der Waals surface area contributed by atoms with Crippen LogP contribution in [0.5, 0.6) is 0 Å². The summed E-state index contributed by atoms with van der Waals surface area (Å²) in [6.45, 7) is 7.76. The Hall–Kier alpha value is -2.57. The van der Waals surface area contributed by atoms with E-state index in [0.29, 0.717) is 0 Å². The van der Waals surface area contributed by atoms with Gasteiger partial charge in [0.05, 0.1) is 11.9 Å². The summed E-state index contributed by atoms with van der Waals surface area (Å²) in [7, 11) is 0. The lowest BCUT2D eigenvalue weighted by Crippen LogP contribution is -2.18. The number of hydrogen-bond acceptors (Lipinski definition) is 6. The van der Waals surface area contributed by atoms with Crippen LogP contribution in [0.25, 0.3) is 0 Å². The van der Waals surface area contributed by atoms with Crippen LogP contribution in [0.1, 0.15) is 36.6 Å². The number of nitrogens with two attached hydrogens (primary N) is 1. The molecule has 5 nitrogen and oxygen atoms in total. The molecule has 1 fully saturated rings. The Kier molecular flexibility index (Phi) is 8.53. The van der Waals surface area contributed by atoms with Gasteiger partial charge in [0.1, 0.15) is 10.8 Å². The number of likely N-dealkylation sites (tertiary alicyclic amines) is 1. The predicted octanol–water partition coefficient (Wildman–Crippen LogP) is 5.33. The van der Waals surface area contributed by atoms with Gasteiger partial charge in [0.25, 0.3) is 0 Å². The number of anilines is 2. The summed E-state index contributed by atoms with van der Waals surface area (Å²) < 4.78 is 3.17. The van der Waals surface area contributed by atoms with Gasteiger partial charge < -0.3 is 10.5 Å². The first-order valence-corrected chi connectivity index (χ1v) is 11.3. The molecule has 4 rings (SSSR count). The average Bonchev–Trinajstić information content (AvgIpc) is 3.27. The van der Waals surface area contributed by atoms with Gasteiger partial charge in [0.2, 0.25) is 0 Å². The quantitative estimate of drug-likeness (QED) is 0.524. The highest BCUT2D eigenvalue weighted by molar-refractivity contribution is 8.00. The second-order valence-electron chi connectivity index (χ2n) is 7.41. The Morgan fingerprint density at radius 3 is 2.53 bits per heavy atom. The van der Waals surface area contributed by atoms with Crippen molar-refractivity contribution in [2.75, 3.05) is 23.5 Å². The van der Waals surface area contributed by atoms with E-state index in [1.165, 1.54) is 43.4 Å². The minimum absolute atomic E-state index is 0.746. The summed E-state index contributed by atoms with van der Waals surface area (Å²) in [6, 6.07) is 18.6. The molecule has 0 saturated carbocycles. The van der Waals surface area contributed by atoms with Crippen molar-refractivity contribution < 1.29 is 0 Å². The number of nitrogens with one attached hydrogen (secondary N) is 1. The molecule has 0 spiro atoms. The zero-order valence-corrected chi connectivity index (χ0v) is 18.7. The molecule has 2 aromatic heterocycles. The molecule has 1 aromatic carbocycles. The van der Waals surface area contributed by atoms with Gasteiger partial charge in [-0.05, 0) is 68.6 Å². The average molecular weight is 422 g/mol. The van der Waals surface area contributed by atoms with E-state index in [9.17, 15) is 0 Å². The Morgan fingerprint density at radius 2 is 1.83 bits per heavy atom. The van der Waals surface area contributed by atoms with Gasteiger partial charge >= 0.3 is 0 Å². The standard InChI is InChI=1S/C13H16N4S.C11H15N/c1-3-10-7-13(15-8-11(10)14)18-17-12-6-4-5-9(2)16-12;1-2-6-11(7-3-1)10-12-8-4-5-9-12/h4-8H,3,14H2,1-2H3,(H,16,17);1-3,6-7H,4-5,8-10H2. The minimum atomic E-state index is 0.746. The molecule has 1 aliphatic heterocycles. The second-order valence-corrected chi connectivity index (χ2v) is 8.24. The Balaban J connectivity index is 0.000000184. The summed E-state index contributed by atoms with van der Waals surface area (Å²) >= 11 is 1.44. The monoisotopic (exact) mass is 421 g/mol. The molecule has 3 heterocycles. The highest BCUT2D eigenvalue weighted by Crippen LogP contribution is 2.21. The third kappa shape index (κ3) is 7.04. The first-order chi connectivity index (χ1) is 14.6. The van der Waals surface area contributed by atoms with Crippen LogP contribution in [-0.2, 0) is 13.0 Å². The number of rotatable bonds is 6. The normalized spacial score (nSPS) is 13.5. The number of nitrogens with zero attached hydrogens (tertiary/aromatic N) is 3. The smallest absolute Gasteiger partial charge is 0.136 e. The van der Waals surface area contributed by atoms with Crippen LogP contribution in [0, 0.1) is 6.92 Å². The van der Waals surface area contributed by atoms with Crippen molar-refractivity contribution in [2.24, 2.45) is 0 Å². The van der Waals surface area contributed by atoms with E-state index in [-0.39, 0.29) is 0 Å². The van der Waals surface area contributed by atoms with Crippen molar-refractivity contribution in [3.8, 4) is 0 Å². The van der Waals surface area contributed by atoms with Crippen LogP contribution in [0.2, 0.25) is 0 Å². The molecule has 0 amide bonds. The first-order valence-electron chi connectivity index (χ1n) is 10.5. The zero-order valence-electron chi connectivity index (χ0n) is 17.8. The Labute approximate surface area is 184 Å². The summed E-state index contributed by atoms with van der Waals surface area (Å²) in [5.74, 6) is 0.830. The van der Waals surface area contributed by atoms with Gasteiger partial charge in [0, 0.05) is 24.2 Å². The number of hydrogen-bond donors (Lipinski definition) is 2. The number of pyridine rings is 2. The summed E-state index contributed by atoms with van der Waals surface area (Å²) in [5.41, 5.74) is 10.1. The molecular weight excluding hydrogens is 390 g/mol. The van der Waals surface area contributed by atoms with E-state index in [1.807, 2.05) is 31.2 Å². The van der Waals surface area contributed by atoms with Crippen molar-refractivity contribution in [1.82, 2.24) is 14.9 Å². The van der Waals surface area contributed by atoms with Crippen LogP contribution in [0.4, 0.5) is 11.5 Å². The fourth-order valence-corrected chi connectivity index (χ4v) is 3.96. The van der Waals surface area contributed by atoms with Crippen LogP contribution >= 0.6 is 11.9 Å². The van der Waals surface area contributed by atoms with Crippen LogP contribution in [0.15, 0.2) is 65.8 Å². The Morgan fingerprint density at radius 1 is 1.07 bits per heavy atom. The largest absolute Gasteiger partial charge is 0.397 e. The van der Waals surface area contributed by atoms with Gasteiger partial charge in [-0.15, -0.1) is 0 Å². The number of benzene rings is 1. The maximum atomic E-state index is 5.82. The van der Waals surface area contributed by atoms with E-state index in [2.05, 4.69) is 56.8 Å².